The van der Waals surface area contributed by atoms with E-state index in [0.717, 1.165) is 12.0 Å². The van der Waals surface area contributed by atoms with Crippen molar-refractivity contribution >= 4 is 5.96 Å². The molecule has 0 amide bonds. The van der Waals surface area contributed by atoms with Crippen LogP contribution in [0.3, 0.4) is 0 Å². The average molecular weight is 315 g/mol. The molecule has 0 aromatic heterocycles. The van der Waals surface area contributed by atoms with Gasteiger partial charge in [-0.15, -0.1) is 0 Å². The molecule has 22 heavy (non-hydrogen) atoms. The normalized spacial score (nSPS) is 12.0. The SMILES string of the molecule is CN(C)C(=NCC(C)(C)c1cccc(C(F)(F)F)c1)N(C)C. The van der Waals surface area contributed by atoms with Crippen LogP contribution in [0.1, 0.15) is 25.0 Å². The van der Waals surface area contributed by atoms with E-state index in [0.29, 0.717) is 12.1 Å². The van der Waals surface area contributed by atoms with E-state index in [-0.39, 0.29) is 0 Å². The summed E-state index contributed by atoms with van der Waals surface area (Å²) >= 11 is 0. The molecule has 0 aliphatic carbocycles. The molecule has 1 aromatic carbocycles. The molecule has 0 aliphatic rings. The zero-order valence-corrected chi connectivity index (χ0v) is 14.0. The van der Waals surface area contributed by atoms with Gasteiger partial charge in [0, 0.05) is 33.6 Å². The lowest BCUT2D eigenvalue weighted by Crippen LogP contribution is -2.36. The average Bonchev–Trinajstić information content (AvgIpc) is 2.37. The Morgan fingerprint density at radius 2 is 1.50 bits per heavy atom. The Bertz CT molecular complexity index is 522. The van der Waals surface area contributed by atoms with Crippen molar-refractivity contribution in [3.63, 3.8) is 0 Å². The first-order chi connectivity index (χ1) is 9.95. The molecule has 0 fully saturated rings. The summed E-state index contributed by atoms with van der Waals surface area (Å²) in [6.45, 7) is 4.20. The molecule has 3 nitrogen and oxygen atoms in total. The first kappa shape index (κ1) is 18.3. The van der Waals surface area contributed by atoms with Gasteiger partial charge in [-0.2, -0.15) is 13.2 Å². The number of aliphatic imine (C=N–C) groups is 1. The number of nitrogens with zero attached hydrogens (tertiary/aromatic N) is 3. The smallest absolute Gasteiger partial charge is 0.349 e. The van der Waals surface area contributed by atoms with E-state index >= 15 is 0 Å². The fourth-order valence-corrected chi connectivity index (χ4v) is 2.16. The molecule has 0 N–H and O–H groups in total. The van der Waals surface area contributed by atoms with Crippen LogP contribution in [-0.2, 0) is 11.6 Å². The lowest BCUT2D eigenvalue weighted by molar-refractivity contribution is -0.137. The quantitative estimate of drug-likeness (QED) is 0.628. The first-order valence-corrected chi connectivity index (χ1v) is 7.02. The maximum absolute atomic E-state index is 12.8. The number of benzene rings is 1. The minimum atomic E-state index is -4.33. The second kappa shape index (κ2) is 6.58. The van der Waals surface area contributed by atoms with Gasteiger partial charge < -0.3 is 9.80 Å². The molecule has 0 spiro atoms. The Kier molecular flexibility index (Phi) is 5.49. The second-order valence-electron chi connectivity index (χ2n) is 6.37. The topological polar surface area (TPSA) is 18.8 Å². The largest absolute Gasteiger partial charge is 0.416 e. The molecular formula is C16H24F3N3. The summed E-state index contributed by atoms with van der Waals surface area (Å²) in [5, 5.41) is 0. The molecule has 0 unspecified atom stereocenters. The Labute approximate surface area is 130 Å². The van der Waals surface area contributed by atoms with Crippen molar-refractivity contribution in [2.75, 3.05) is 34.7 Å². The minimum absolute atomic E-state index is 0.403. The van der Waals surface area contributed by atoms with Crippen LogP contribution in [0, 0.1) is 0 Å². The molecule has 0 saturated heterocycles. The second-order valence-corrected chi connectivity index (χ2v) is 6.37. The third kappa shape index (κ3) is 4.64. The molecule has 1 aromatic rings. The van der Waals surface area contributed by atoms with Crippen LogP contribution in [-0.4, -0.2) is 50.5 Å². The maximum atomic E-state index is 12.8. The van der Waals surface area contributed by atoms with Crippen molar-refractivity contribution < 1.29 is 13.2 Å². The Morgan fingerprint density at radius 1 is 1.00 bits per heavy atom. The van der Waals surface area contributed by atoms with E-state index < -0.39 is 17.2 Å². The van der Waals surface area contributed by atoms with Crippen molar-refractivity contribution in [1.82, 2.24) is 9.80 Å². The highest BCUT2D eigenvalue weighted by Crippen LogP contribution is 2.32. The third-order valence-corrected chi connectivity index (χ3v) is 3.39. The third-order valence-electron chi connectivity index (χ3n) is 3.39. The number of guanidine groups is 1. The lowest BCUT2D eigenvalue weighted by atomic mass is 9.84. The van der Waals surface area contributed by atoms with Crippen LogP contribution < -0.4 is 0 Å². The summed E-state index contributed by atoms with van der Waals surface area (Å²) in [6, 6.07) is 5.46. The van der Waals surface area contributed by atoms with Crippen molar-refractivity contribution in [2.45, 2.75) is 25.4 Å². The summed E-state index contributed by atoms with van der Waals surface area (Å²) in [5.74, 6) is 0.778. The summed E-state index contributed by atoms with van der Waals surface area (Å²) in [6.07, 6.45) is -4.33. The van der Waals surface area contributed by atoms with Gasteiger partial charge in [0.1, 0.15) is 0 Å². The molecule has 0 radical (unpaired) electrons. The van der Waals surface area contributed by atoms with Crippen molar-refractivity contribution in [1.29, 1.82) is 0 Å². The zero-order chi connectivity index (χ0) is 17.1. The highest BCUT2D eigenvalue weighted by Gasteiger charge is 2.32. The number of hydrogen-bond donors (Lipinski definition) is 0. The monoisotopic (exact) mass is 315 g/mol. The molecule has 0 bridgehead atoms. The molecule has 0 aliphatic heterocycles. The molecule has 0 heterocycles. The maximum Gasteiger partial charge on any atom is 0.416 e. The summed E-state index contributed by atoms with van der Waals surface area (Å²) in [5.41, 5.74) is -0.483. The zero-order valence-electron chi connectivity index (χ0n) is 14.0. The van der Waals surface area contributed by atoms with Crippen molar-refractivity contribution in [3.05, 3.63) is 35.4 Å². The van der Waals surface area contributed by atoms with Gasteiger partial charge in [-0.25, -0.2) is 0 Å². The van der Waals surface area contributed by atoms with Crippen LogP contribution in [0.5, 0.6) is 0 Å². The molecule has 0 saturated carbocycles. The lowest BCUT2D eigenvalue weighted by Gasteiger charge is -2.27. The summed E-state index contributed by atoms with van der Waals surface area (Å²) < 4.78 is 38.5. The number of halogens is 3. The molecular weight excluding hydrogens is 291 g/mol. The van der Waals surface area contributed by atoms with Crippen molar-refractivity contribution in [2.24, 2.45) is 4.99 Å². The van der Waals surface area contributed by atoms with E-state index in [4.69, 9.17) is 0 Å². The van der Waals surface area contributed by atoms with Crippen LogP contribution in [0.2, 0.25) is 0 Å². The predicted octanol–water partition coefficient (Wildman–Crippen LogP) is 3.46. The van der Waals surface area contributed by atoms with Gasteiger partial charge in [0.2, 0.25) is 0 Å². The van der Waals surface area contributed by atoms with Crippen LogP contribution >= 0.6 is 0 Å². The first-order valence-electron chi connectivity index (χ1n) is 7.02. The van der Waals surface area contributed by atoms with Gasteiger partial charge in [0.25, 0.3) is 0 Å². The highest BCUT2D eigenvalue weighted by atomic mass is 19.4. The summed E-state index contributed by atoms with van der Waals surface area (Å²) in [4.78, 5) is 8.30. The molecule has 6 heteroatoms. The molecule has 1 rings (SSSR count). The standard InChI is InChI=1S/C16H24F3N3/c1-15(2,11-20-14(21(3)4)22(5)6)12-8-7-9-13(10-12)16(17,18)19/h7-10H,11H2,1-6H3. The predicted molar refractivity (Wildman–Crippen MR) is 84.1 cm³/mol. The van der Waals surface area contributed by atoms with Gasteiger partial charge in [-0.1, -0.05) is 32.0 Å². The highest BCUT2D eigenvalue weighted by molar-refractivity contribution is 5.79. The number of alkyl halides is 3. The Hall–Kier alpha value is -1.72. The fraction of sp³-hybridized carbons (Fsp3) is 0.562. The summed E-state index contributed by atoms with van der Waals surface area (Å²) in [7, 11) is 7.54. The minimum Gasteiger partial charge on any atom is -0.349 e. The van der Waals surface area contributed by atoms with Crippen LogP contribution in [0.4, 0.5) is 13.2 Å². The van der Waals surface area contributed by atoms with Gasteiger partial charge in [0.05, 0.1) is 12.1 Å². The molecule has 0 atom stereocenters. The number of hydrogen-bond acceptors (Lipinski definition) is 1. The van der Waals surface area contributed by atoms with E-state index in [1.807, 2.05) is 51.8 Å². The van der Waals surface area contributed by atoms with E-state index in [1.165, 1.54) is 12.1 Å². The molecule has 124 valence electrons. The Morgan fingerprint density at radius 3 is 1.95 bits per heavy atom. The van der Waals surface area contributed by atoms with Crippen LogP contribution in [0.15, 0.2) is 29.3 Å². The van der Waals surface area contributed by atoms with Crippen molar-refractivity contribution in [3.8, 4) is 0 Å². The van der Waals surface area contributed by atoms with Crippen LogP contribution in [0.25, 0.3) is 0 Å². The fourth-order valence-electron chi connectivity index (χ4n) is 2.16. The van der Waals surface area contributed by atoms with Gasteiger partial charge >= 0.3 is 6.18 Å². The van der Waals surface area contributed by atoms with Gasteiger partial charge in [-0.3, -0.25) is 4.99 Å². The van der Waals surface area contributed by atoms with Gasteiger partial charge in [-0.05, 0) is 11.6 Å². The van der Waals surface area contributed by atoms with E-state index in [9.17, 15) is 13.2 Å². The number of rotatable bonds is 3. The Balaban J connectivity index is 3.07. The van der Waals surface area contributed by atoms with Gasteiger partial charge in [0.15, 0.2) is 5.96 Å². The van der Waals surface area contributed by atoms with E-state index in [1.54, 1.807) is 6.07 Å². The van der Waals surface area contributed by atoms with E-state index in [2.05, 4.69) is 4.99 Å².